The van der Waals surface area contributed by atoms with Gasteiger partial charge in [0, 0.05) is 18.8 Å². The molecule has 1 fully saturated rings. The number of hydrogen-bond acceptors (Lipinski definition) is 3. The van der Waals surface area contributed by atoms with Crippen LogP contribution in [0.15, 0.2) is 24.3 Å². The van der Waals surface area contributed by atoms with Crippen LogP contribution in [0, 0.1) is 0 Å². The van der Waals surface area contributed by atoms with E-state index in [0.717, 1.165) is 24.3 Å². The van der Waals surface area contributed by atoms with Crippen molar-refractivity contribution in [2.24, 2.45) is 0 Å². The van der Waals surface area contributed by atoms with E-state index >= 15 is 0 Å². The average Bonchev–Trinajstić information content (AvgIpc) is 2.95. The fourth-order valence-electron chi connectivity index (χ4n) is 2.67. The number of carbonyl (C=O) groups is 1. The Balaban J connectivity index is 1.74. The van der Waals surface area contributed by atoms with Crippen LogP contribution in [0.2, 0.25) is 0 Å². The van der Waals surface area contributed by atoms with Gasteiger partial charge in [0.2, 0.25) is 5.91 Å². The minimum atomic E-state index is -0.200. The second-order valence-corrected chi connectivity index (χ2v) is 5.37. The normalized spacial score (nSPS) is 29.7. The molecule has 1 aromatic rings. The van der Waals surface area contributed by atoms with Crippen molar-refractivity contribution in [2.45, 2.75) is 24.8 Å². The Hall–Kier alpha value is -1.55. The molecule has 0 radical (unpaired) electrons. The summed E-state index contributed by atoms with van der Waals surface area (Å²) in [7, 11) is 0. The maximum absolute atomic E-state index is 12.4. The Morgan fingerprint density at radius 1 is 1.50 bits per heavy atom. The fraction of sp³-hybridized carbons (Fsp3) is 0.500. The van der Waals surface area contributed by atoms with Gasteiger partial charge < -0.3 is 15.4 Å². The quantitative estimate of drug-likeness (QED) is 0.831. The second-order valence-electron chi connectivity index (χ2n) is 5.37. The van der Waals surface area contributed by atoms with Crippen molar-refractivity contribution in [2.75, 3.05) is 25.1 Å². The zero-order chi connectivity index (χ0) is 12.6. The van der Waals surface area contributed by atoms with E-state index in [9.17, 15) is 4.79 Å². The van der Waals surface area contributed by atoms with Gasteiger partial charge in [-0.2, -0.15) is 0 Å². The Morgan fingerprint density at radius 3 is 3.11 bits per heavy atom. The lowest BCUT2D eigenvalue weighted by Crippen LogP contribution is -2.48. The molecule has 0 aromatic heterocycles. The Morgan fingerprint density at radius 2 is 2.33 bits per heavy atom. The zero-order valence-corrected chi connectivity index (χ0v) is 10.5. The number of fused-ring (bicyclic) bond motifs is 1. The zero-order valence-electron chi connectivity index (χ0n) is 10.5. The molecule has 2 heterocycles. The summed E-state index contributed by atoms with van der Waals surface area (Å²) in [5, 5.41) is 6.41. The van der Waals surface area contributed by atoms with Gasteiger partial charge in [-0.3, -0.25) is 4.79 Å². The molecule has 2 atom stereocenters. The molecular formula is C14H18N2O2. The lowest BCUT2D eigenvalue weighted by atomic mass is 9.96. The van der Waals surface area contributed by atoms with Gasteiger partial charge in [-0.15, -0.1) is 0 Å². The van der Waals surface area contributed by atoms with Gasteiger partial charge in [0.15, 0.2) is 0 Å². The number of amides is 1. The monoisotopic (exact) mass is 246 g/mol. The summed E-state index contributed by atoms with van der Waals surface area (Å²) in [6.45, 7) is 4.07. The third-order valence-electron chi connectivity index (χ3n) is 3.79. The van der Waals surface area contributed by atoms with E-state index in [1.807, 2.05) is 31.2 Å². The third kappa shape index (κ3) is 1.97. The topological polar surface area (TPSA) is 50.4 Å². The van der Waals surface area contributed by atoms with Gasteiger partial charge in [-0.1, -0.05) is 18.2 Å². The number of carbonyl (C=O) groups excluding carboxylic acids is 1. The minimum Gasteiger partial charge on any atom is -0.384 e. The number of nitrogens with one attached hydrogen (secondary N) is 2. The van der Waals surface area contributed by atoms with Crippen LogP contribution in [0.25, 0.3) is 0 Å². The highest BCUT2D eigenvalue weighted by Gasteiger charge is 2.35. The molecule has 3 rings (SSSR count). The third-order valence-corrected chi connectivity index (χ3v) is 3.79. The SMILES string of the molecule is CC1(NC(=O)C2CNc3ccccc32)CCOC1. The number of para-hydroxylation sites is 1. The number of ether oxygens (including phenoxy) is 1. The second kappa shape index (κ2) is 4.28. The summed E-state index contributed by atoms with van der Waals surface area (Å²) in [6, 6.07) is 8.00. The van der Waals surface area contributed by atoms with Crippen molar-refractivity contribution in [3.05, 3.63) is 29.8 Å². The van der Waals surface area contributed by atoms with E-state index in [1.54, 1.807) is 0 Å². The first kappa shape index (κ1) is 11.5. The number of anilines is 1. The first-order chi connectivity index (χ1) is 8.68. The van der Waals surface area contributed by atoms with Crippen molar-refractivity contribution in [1.82, 2.24) is 5.32 Å². The maximum atomic E-state index is 12.4. The summed E-state index contributed by atoms with van der Waals surface area (Å²) in [4.78, 5) is 12.4. The molecule has 2 unspecified atom stereocenters. The largest absolute Gasteiger partial charge is 0.384 e. The summed E-state index contributed by atoms with van der Waals surface area (Å²) in [5.41, 5.74) is 1.97. The fourth-order valence-corrected chi connectivity index (χ4v) is 2.67. The molecule has 18 heavy (non-hydrogen) atoms. The highest BCUT2D eigenvalue weighted by atomic mass is 16.5. The van der Waals surface area contributed by atoms with Crippen LogP contribution in [0.4, 0.5) is 5.69 Å². The van der Waals surface area contributed by atoms with Gasteiger partial charge in [-0.05, 0) is 25.0 Å². The molecule has 1 saturated heterocycles. The van der Waals surface area contributed by atoms with E-state index in [1.165, 1.54) is 0 Å². The van der Waals surface area contributed by atoms with E-state index in [0.29, 0.717) is 13.2 Å². The van der Waals surface area contributed by atoms with Crippen molar-refractivity contribution in [3.8, 4) is 0 Å². The average molecular weight is 246 g/mol. The van der Waals surface area contributed by atoms with Crippen LogP contribution < -0.4 is 10.6 Å². The van der Waals surface area contributed by atoms with Gasteiger partial charge in [0.25, 0.3) is 0 Å². The van der Waals surface area contributed by atoms with Gasteiger partial charge >= 0.3 is 0 Å². The van der Waals surface area contributed by atoms with Crippen LogP contribution in [0.1, 0.15) is 24.8 Å². The van der Waals surface area contributed by atoms with E-state index in [4.69, 9.17) is 4.74 Å². The molecule has 4 heteroatoms. The summed E-state index contributed by atoms with van der Waals surface area (Å²) >= 11 is 0. The lowest BCUT2D eigenvalue weighted by Gasteiger charge is -2.25. The molecule has 1 aromatic carbocycles. The summed E-state index contributed by atoms with van der Waals surface area (Å²) in [5.74, 6) is 0.0130. The summed E-state index contributed by atoms with van der Waals surface area (Å²) < 4.78 is 5.36. The first-order valence-electron chi connectivity index (χ1n) is 6.41. The van der Waals surface area contributed by atoms with Crippen LogP contribution >= 0.6 is 0 Å². The predicted molar refractivity (Wildman–Crippen MR) is 69.7 cm³/mol. The molecule has 96 valence electrons. The molecule has 2 aliphatic rings. The van der Waals surface area contributed by atoms with Crippen molar-refractivity contribution < 1.29 is 9.53 Å². The number of hydrogen-bond donors (Lipinski definition) is 2. The molecule has 0 aliphatic carbocycles. The predicted octanol–water partition coefficient (Wildman–Crippen LogP) is 1.49. The van der Waals surface area contributed by atoms with Gasteiger partial charge in [0.1, 0.15) is 0 Å². The van der Waals surface area contributed by atoms with Crippen LogP contribution in [-0.2, 0) is 9.53 Å². The van der Waals surface area contributed by atoms with E-state index < -0.39 is 0 Å². The maximum Gasteiger partial charge on any atom is 0.229 e. The summed E-state index contributed by atoms with van der Waals surface area (Å²) in [6.07, 6.45) is 0.889. The number of benzene rings is 1. The minimum absolute atomic E-state index is 0.0846. The highest BCUT2D eigenvalue weighted by molar-refractivity contribution is 5.88. The van der Waals surface area contributed by atoms with Gasteiger partial charge in [0.05, 0.1) is 18.1 Å². The van der Waals surface area contributed by atoms with Crippen LogP contribution in [0.3, 0.4) is 0 Å². The molecule has 0 spiro atoms. The Labute approximate surface area is 107 Å². The van der Waals surface area contributed by atoms with Crippen molar-refractivity contribution in [3.63, 3.8) is 0 Å². The molecule has 2 aliphatic heterocycles. The molecule has 2 N–H and O–H groups in total. The Bertz CT molecular complexity index is 467. The molecule has 0 saturated carbocycles. The molecular weight excluding hydrogens is 228 g/mol. The van der Waals surface area contributed by atoms with E-state index in [2.05, 4.69) is 10.6 Å². The first-order valence-corrected chi connectivity index (χ1v) is 6.41. The molecule has 0 bridgehead atoms. The number of rotatable bonds is 2. The van der Waals surface area contributed by atoms with Crippen molar-refractivity contribution in [1.29, 1.82) is 0 Å². The molecule has 4 nitrogen and oxygen atoms in total. The van der Waals surface area contributed by atoms with E-state index in [-0.39, 0.29) is 17.4 Å². The van der Waals surface area contributed by atoms with Crippen LogP contribution in [0.5, 0.6) is 0 Å². The smallest absolute Gasteiger partial charge is 0.229 e. The van der Waals surface area contributed by atoms with Crippen LogP contribution in [-0.4, -0.2) is 31.2 Å². The highest BCUT2D eigenvalue weighted by Crippen LogP contribution is 2.31. The Kier molecular flexibility index (Phi) is 2.74. The molecule has 1 amide bonds. The van der Waals surface area contributed by atoms with Gasteiger partial charge in [-0.25, -0.2) is 0 Å². The van der Waals surface area contributed by atoms with Crippen molar-refractivity contribution >= 4 is 11.6 Å². The lowest BCUT2D eigenvalue weighted by molar-refractivity contribution is -0.124. The standard InChI is InChI=1S/C14H18N2O2/c1-14(6-7-18-9-14)16-13(17)11-8-15-12-5-3-2-4-10(11)12/h2-5,11,15H,6-9H2,1H3,(H,16,17).